The van der Waals surface area contributed by atoms with Crippen LogP contribution in [0.5, 0.6) is 0 Å². The number of aromatic nitrogens is 1. The Kier molecular flexibility index (Phi) is 5.41. The van der Waals surface area contributed by atoms with Gasteiger partial charge in [0, 0.05) is 29.7 Å². The second kappa shape index (κ2) is 8.30. The summed E-state index contributed by atoms with van der Waals surface area (Å²) in [6.07, 6.45) is 0. The molecule has 0 spiro atoms. The first-order chi connectivity index (χ1) is 14.2. The molecule has 1 fully saturated rings. The van der Waals surface area contributed by atoms with Crippen molar-refractivity contribution in [3.05, 3.63) is 60.0 Å². The average molecular weight is 395 g/mol. The molecule has 0 unspecified atom stereocenters. The maximum atomic E-state index is 13.1. The molecule has 0 radical (unpaired) electrons. The van der Waals surface area contributed by atoms with Crippen molar-refractivity contribution in [3.8, 4) is 0 Å². The molecular weight excluding hydrogens is 373 g/mol. The van der Waals surface area contributed by atoms with E-state index in [1.54, 1.807) is 19.1 Å². The molecule has 1 aliphatic heterocycles. The standard InChI is InChI=1S/C21H22FN5O2/c1-2-29-21(28)20-19(17-5-3-4-6-18(17)23-20)24-25-27-13-11-26(12-14-27)16-9-7-15(22)8-10-16/h3-10,23H,2,11-14H2,1H3. The molecule has 8 heteroatoms. The van der Waals surface area contributed by atoms with Crippen molar-refractivity contribution in [3.63, 3.8) is 0 Å². The van der Waals surface area contributed by atoms with Crippen molar-refractivity contribution < 1.29 is 13.9 Å². The van der Waals surface area contributed by atoms with E-state index < -0.39 is 5.97 Å². The molecule has 1 N–H and O–H groups in total. The van der Waals surface area contributed by atoms with Gasteiger partial charge in [0.25, 0.3) is 0 Å². The normalized spacial score (nSPS) is 14.7. The first kappa shape index (κ1) is 18.9. The zero-order valence-corrected chi connectivity index (χ0v) is 16.1. The number of piperazine rings is 1. The summed E-state index contributed by atoms with van der Waals surface area (Å²) in [4.78, 5) is 17.6. The zero-order chi connectivity index (χ0) is 20.2. The van der Waals surface area contributed by atoms with Gasteiger partial charge in [-0.3, -0.25) is 5.01 Å². The number of esters is 1. The summed E-state index contributed by atoms with van der Waals surface area (Å²) in [6, 6.07) is 14.1. The van der Waals surface area contributed by atoms with E-state index in [1.165, 1.54) is 12.1 Å². The number of benzene rings is 2. The third-order valence-electron chi connectivity index (χ3n) is 4.88. The molecule has 29 heavy (non-hydrogen) atoms. The lowest BCUT2D eigenvalue weighted by atomic mass is 10.2. The Balaban J connectivity index is 1.49. The quantitative estimate of drug-likeness (QED) is 0.516. The number of hydrogen-bond acceptors (Lipinski definition) is 5. The minimum atomic E-state index is -0.446. The fourth-order valence-corrected chi connectivity index (χ4v) is 3.39. The molecule has 1 saturated heterocycles. The molecule has 150 valence electrons. The summed E-state index contributed by atoms with van der Waals surface area (Å²) in [5.41, 5.74) is 2.59. The van der Waals surface area contributed by atoms with Crippen molar-refractivity contribution in [2.75, 3.05) is 37.7 Å². The zero-order valence-electron chi connectivity index (χ0n) is 16.1. The van der Waals surface area contributed by atoms with Gasteiger partial charge in [0.15, 0.2) is 5.69 Å². The van der Waals surface area contributed by atoms with Crippen LogP contribution in [0.1, 0.15) is 17.4 Å². The van der Waals surface area contributed by atoms with E-state index >= 15 is 0 Å². The van der Waals surface area contributed by atoms with Crippen LogP contribution in [0.2, 0.25) is 0 Å². The summed E-state index contributed by atoms with van der Waals surface area (Å²) in [5, 5.41) is 11.4. The van der Waals surface area contributed by atoms with E-state index in [4.69, 9.17) is 4.74 Å². The van der Waals surface area contributed by atoms with Crippen LogP contribution in [0.4, 0.5) is 15.8 Å². The number of H-pyrrole nitrogens is 1. The molecule has 0 saturated carbocycles. The van der Waals surface area contributed by atoms with Crippen molar-refractivity contribution in [2.45, 2.75) is 6.92 Å². The molecule has 1 aromatic heterocycles. The number of aromatic amines is 1. The van der Waals surface area contributed by atoms with Crippen LogP contribution in [0.3, 0.4) is 0 Å². The molecule has 0 bridgehead atoms. The van der Waals surface area contributed by atoms with E-state index in [1.807, 2.05) is 29.3 Å². The van der Waals surface area contributed by atoms with Crippen LogP contribution < -0.4 is 4.90 Å². The maximum Gasteiger partial charge on any atom is 0.357 e. The summed E-state index contributed by atoms with van der Waals surface area (Å²) >= 11 is 0. The number of anilines is 1. The highest BCUT2D eigenvalue weighted by Crippen LogP contribution is 2.31. The van der Waals surface area contributed by atoms with Crippen molar-refractivity contribution >= 4 is 28.2 Å². The fourth-order valence-electron chi connectivity index (χ4n) is 3.39. The number of carbonyl (C=O) groups excluding carboxylic acids is 1. The SMILES string of the molecule is CCOC(=O)c1[nH]c2ccccc2c1N=NN1CCN(c2ccc(F)cc2)CC1. The number of hydrogen-bond donors (Lipinski definition) is 1. The van der Waals surface area contributed by atoms with Gasteiger partial charge in [0.2, 0.25) is 0 Å². The lowest BCUT2D eigenvalue weighted by Gasteiger charge is -2.33. The third kappa shape index (κ3) is 4.06. The molecular formula is C21H22FN5O2. The van der Waals surface area contributed by atoms with Gasteiger partial charge in [-0.05, 0) is 37.3 Å². The predicted molar refractivity (Wildman–Crippen MR) is 109 cm³/mol. The number of nitrogens with one attached hydrogen (secondary N) is 1. The minimum absolute atomic E-state index is 0.239. The number of halogens is 1. The van der Waals surface area contributed by atoms with Crippen molar-refractivity contribution in [2.24, 2.45) is 10.3 Å². The van der Waals surface area contributed by atoms with Crippen LogP contribution in [0.15, 0.2) is 58.9 Å². The first-order valence-corrected chi connectivity index (χ1v) is 9.60. The molecule has 2 aromatic carbocycles. The molecule has 7 nitrogen and oxygen atoms in total. The van der Waals surface area contributed by atoms with Gasteiger partial charge >= 0.3 is 5.97 Å². The smallest absolute Gasteiger partial charge is 0.357 e. The van der Waals surface area contributed by atoms with Crippen LogP contribution in [0, 0.1) is 5.82 Å². The van der Waals surface area contributed by atoms with Crippen LogP contribution in [-0.2, 0) is 4.74 Å². The second-order valence-corrected chi connectivity index (χ2v) is 6.72. The Bertz CT molecular complexity index is 1020. The second-order valence-electron chi connectivity index (χ2n) is 6.72. The molecule has 0 aliphatic carbocycles. The van der Waals surface area contributed by atoms with Gasteiger partial charge in [-0.25, -0.2) is 9.18 Å². The molecule has 0 amide bonds. The van der Waals surface area contributed by atoms with Gasteiger partial charge in [0.05, 0.1) is 19.7 Å². The van der Waals surface area contributed by atoms with Crippen LogP contribution in [0.25, 0.3) is 10.9 Å². The minimum Gasteiger partial charge on any atom is -0.461 e. The number of fused-ring (bicyclic) bond motifs is 1. The highest BCUT2D eigenvalue weighted by Gasteiger charge is 2.20. The topological polar surface area (TPSA) is 73.3 Å². The van der Waals surface area contributed by atoms with E-state index in [2.05, 4.69) is 20.2 Å². The summed E-state index contributed by atoms with van der Waals surface area (Å²) in [6.45, 7) is 4.92. The fraction of sp³-hybridized carbons (Fsp3) is 0.286. The van der Waals surface area contributed by atoms with Gasteiger partial charge in [-0.15, -0.1) is 5.11 Å². The Morgan fingerprint density at radius 2 is 1.83 bits per heavy atom. The first-order valence-electron chi connectivity index (χ1n) is 9.60. The Labute approximate surface area is 167 Å². The number of nitrogens with zero attached hydrogens (tertiary/aromatic N) is 4. The van der Waals surface area contributed by atoms with E-state index in [9.17, 15) is 9.18 Å². The van der Waals surface area contributed by atoms with Crippen LogP contribution >= 0.6 is 0 Å². The highest BCUT2D eigenvalue weighted by molar-refractivity contribution is 6.04. The molecule has 3 aromatic rings. The average Bonchev–Trinajstić information content (AvgIpc) is 3.12. The van der Waals surface area contributed by atoms with E-state index in [-0.39, 0.29) is 12.4 Å². The largest absolute Gasteiger partial charge is 0.461 e. The van der Waals surface area contributed by atoms with Crippen molar-refractivity contribution in [1.29, 1.82) is 0 Å². The summed E-state index contributed by atoms with van der Waals surface area (Å²) < 4.78 is 18.3. The summed E-state index contributed by atoms with van der Waals surface area (Å²) in [7, 11) is 0. The number of carbonyl (C=O) groups is 1. The number of ether oxygens (including phenoxy) is 1. The monoisotopic (exact) mass is 395 g/mol. The van der Waals surface area contributed by atoms with Gasteiger partial charge in [0.1, 0.15) is 11.5 Å². The molecule has 0 atom stereocenters. The lowest BCUT2D eigenvalue weighted by molar-refractivity contribution is 0.0521. The lowest BCUT2D eigenvalue weighted by Crippen LogP contribution is -2.43. The van der Waals surface area contributed by atoms with Gasteiger partial charge < -0.3 is 14.6 Å². The Hall–Kier alpha value is -3.42. The predicted octanol–water partition coefficient (Wildman–Crippen LogP) is 4.30. The van der Waals surface area contributed by atoms with Gasteiger partial charge in [-0.2, -0.15) is 0 Å². The summed E-state index contributed by atoms with van der Waals surface area (Å²) in [5.74, 6) is -0.684. The van der Waals surface area contributed by atoms with Gasteiger partial charge in [-0.1, -0.05) is 23.4 Å². The number of rotatable bonds is 5. The molecule has 1 aliphatic rings. The number of para-hydroxylation sites is 1. The van der Waals surface area contributed by atoms with E-state index in [0.29, 0.717) is 24.5 Å². The molecule has 2 heterocycles. The highest BCUT2D eigenvalue weighted by atomic mass is 19.1. The van der Waals surface area contributed by atoms with Crippen molar-refractivity contribution in [1.82, 2.24) is 9.99 Å². The molecule has 4 rings (SSSR count). The Morgan fingerprint density at radius 3 is 2.55 bits per heavy atom. The van der Waals surface area contributed by atoms with E-state index in [0.717, 1.165) is 29.7 Å². The Morgan fingerprint density at radius 1 is 1.10 bits per heavy atom. The third-order valence-corrected chi connectivity index (χ3v) is 4.88. The maximum absolute atomic E-state index is 13.1. The van der Waals surface area contributed by atoms with Crippen LogP contribution in [-0.4, -0.2) is 48.7 Å².